The second-order valence-electron chi connectivity index (χ2n) is 15.1. The van der Waals surface area contributed by atoms with Gasteiger partial charge in [0.2, 0.25) is 5.95 Å². The predicted octanol–water partition coefficient (Wildman–Crippen LogP) is 15.1. The van der Waals surface area contributed by atoms with Crippen LogP contribution in [0.3, 0.4) is 0 Å². The number of nitrogens with zero attached hydrogens (tertiary/aromatic N) is 4. The van der Waals surface area contributed by atoms with Crippen LogP contribution in [0.25, 0.3) is 128 Å². The topological polar surface area (TPSA) is 69.9 Å². The van der Waals surface area contributed by atoms with Crippen molar-refractivity contribution in [2.75, 3.05) is 0 Å². The van der Waals surface area contributed by atoms with Crippen molar-refractivity contribution in [2.24, 2.45) is 0 Å². The van der Waals surface area contributed by atoms with Crippen LogP contribution in [0.15, 0.2) is 215 Å². The van der Waals surface area contributed by atoms with Gasteiger partial charge in [0.1, 0.15) is 22.3 Å². The first-order chi connectivity index (χ1) is 35.4. The molecule has 4 aromatic heterocycles. The lowest BCUT2D eigenvalue weighted by atomic mass is 9.99. The molecule has 294 valence electrons. The van der Waals surface area contributed by atoms with Gasteiger partial charge in [-0.25, -0.2) is 4.98 Å². The molecule has 6 heteroatoms. The van der Waals surface area contributed by atoms with Gasteiger partial charge in [-0.3, -0.25) is 4.57 Å². The maximum atomic E-state index is 9.88. The smallest absolute Gasteiger partial charge is 0.238 e. The van der Waals surface area contributed by atoms with E-state index in [1.807, 2.05) is 89.5 Å². The molecule has 0 aliphatic heterocycles. The minimum Gasteiger partial charge on any atom is -0.456 e. The van der Waals surface area contributed by atoms with Crippen molar-refractivity contribution in [1.29, 1.82) is 0 Å². The summed E-state index contributed by atoms with van der Waals surface area (Å²) in [5.41, 5.74) is 4.71. The summed E-state index contributed by atoms with van der Waals surface area (Å²) in [6, 6.07) is 40.8. The third kappa shape index (κ3) is 5.69. The zero-order valence-electron chi connectivity index (χ0n) is 43.0. The number of para-hydroxylation sites is 1. The molecule has 0 atom stereocenters. The Labute approximate surface area is 375 Å². The molecule has 63 heavy (non-hydrogen) atoms. The van der Waals surface area contributed by atoms with Crippen LogP contribution in [-0.4, -0.2) is 19.5 Å². The van der Waals surface area contributed by atoms with Gasteiger partial charge in [-0.15, -0.1) is 0 Å². The summed E-state index contributed by atoms with van der Waals surface area (Å²) in [5.74, 6) is -0.633. The largest absolute Gasteiger partial charge is 0.456 e. The van der Waals surface area contributed by atoms with Crippen molar-refractivity contribution in [1.82, 2.24) is 19.5 Å². The van der Waals surface area contributed by atoms with Crippen LogP contribution >= 0.6 is 0 Å². The number of aromatic nitrogens is 4. The average molecular weight is 817 g/mol. The summed E-state index contributed by atoms with van der Waals surface area (Å²) in [6.45, 7) is 0. The number of hydrogen-bond acceptors (Lipinski definition) is 5. The molecule has 0 aliphatic rings. The van der Waals surface area contributed by atoms with E-state index in [9.17, 15) is 6.85 Å². The summed E-state index contributed by atoms with van der Waals surface area (Å²) in [4.78, 5) is 15.1. The van der Waals surface area contributed by atoms with Crippen molar-refractivity contribution >= 4 is 65.7 Å². The van der Waals surface area contributed by atoms with Crippen LogP contribution in [0, 0.1) is 0 Å². The van der Waals surface area contributed by atoms with Gasteiger partial charge in [0.25, 0.3) is 0 Å². The van der Waals surface area contributed by atoms with Gasteiger partial charge in [0.15, 0.2) is 11.6 Å². The Morgan fingerprint density at radius 1 is 0.397 bits per heavy atom. The lowest BCUT2D eigenvalue weighted by molar-refractivity contribution is 0.668. The number of rotatable bonds is 6. The fourth-order valence-corrected chi connectivity index (χ4v) is 8.60. The van der Waals surface area contributed by atoms with E-state index in [1.54, 1.807) is 60.7 Å². The molecule has 13 rings (SSSR count). The van der Waals surface area contributed by atoms with Gasteiger partial charge >= 0.3 is 0 Å². The number of benzene rings is 9. The third-order valence-electron chi connectivity index (χ3n) is 11.5. The Balaban J connectivity index is 1.19. The maximum absolute atomic E-state index is 9.88. The molecule has 4 heterocycles. The molecule has 13 aromatic rings. The van der Waals surface area contributed by atoms with Gasteiger partial charge in [-0.1, -0.05) is 158 Å². The molecule has 0 aliphatic carbocycles. The van der Waals surface area contributed by atoms with Crippen LogP contribution in [-0.2, 0) is 0 Å². The van der Waals surface area contributed by atoms with E-state index < -0.39 is 42.3 Å². The van der Waals surface area contributed by atoms with E-state index in [0.29, 0.717) is 33.3 Å². The second kappa shape index (κ2) is 14.0. The molecule has 0 fully saturated rings. The third-order valence-corrected chi connectivity index (χ3v) is 11.5. The normalized spacial score (nSPS) is 14.0. The Bertz CT molecular complexity index is 4500. The van der Waals surface area contributed by atoms with Gasteiger partial charge in [-0.05, 0) is 81.8 Å². The summed E-state index contributed by atoms with van der Waals surface area (Å²) in [5, 5.41) is 3.29. The van der Waals surface area contributed by atoms with Crippen LogP contribution in [0.5, 0.6) is 0 Å². The zero-order chi connectivity index (χ0) is 50.1. The van der Waals surface area contributed by atoms with Crippen LogP contribution in [0.1, 0.15) is 13.7 Å². The summed E-state index contributed by atoms with van der Waals surface area (Å²) in [7, 11) is 0. The highest BCUT2D eigenvalue weighted by Gasteiger charge is 2.23. The Kier molecular flexibility index (Phi) is 5.89. The monoisotopic (exact) mass is 816 g/mol. The van der Waals surface area contributed by atoms with E-state index in [-0.39, 0.29) is 79.9 Å². The lowest BCUT2D eigenvalue weighted by Crippen LogP contribution is -2.06. The van der Waals surface area contributed by atoms with Gasteiger partial charge < -0.3 is 8.83 Å². The van der Waals surface area contributed by atoms with Crippen LogP contribution < -0.4 is 0 Å². The quantitative estimate of drug-likeness (QED) is 0.167. The van der Waals surface area contributed by atoms with Crippen molar-refractivity contribution in [2.45, 2.75) is 0 Å². The van der Waals surface area contributed by atoms with E-state index in [4.69, 9.17) is 30.6 Å². The molecule has 9 aromatic carbocycles. The first-order valence-corrected chi connectivity index (χ1v) is 20.3. The summed E-state index contributed by atoms with van der Waals surface area (Å²) in [6.07, 6.45) is 0. The van der Waals surface area contributed by atoms with Crippen LogP contribution in [0.4, 0.5) is 0 Å². The highest BCUT2D eigenvalue weighted by molar-refractivity contribution is 6.24. The molecule has 0 saturated heterocycles. The number of hydrogen-bond donors (Lipinski definition) is 0. The second-order valence-corrected chi connectivity index (χ2v) is 15.1. The number of fused-ring (bicyclic) bond motifs is 10. The Morgan fingerprint density at radius 3 is 1.84 bits per heavy atom. The zero-order valence-corrected chi connectivity index (χ0v) is 33.0. The standard InChI is InChI=1S/C57H34N4O2/c1-4-14-35(15-5-1)38-20-12-21-40(32-38)55-58-56(41-27-29-46-51(34-41)63-49-25-13-23-42(52(46)49)37-18-8-3-9-19-37)60-57(59-55)61-47-33-39(36-16-6-2-7-17-36)26-28-43(47)44-30-31-50-53(54(44)61)45-22-10-11-24-48(45)62-50/h1-34H/i12D,13D,20D,21D,23D,25D,27D,29D,32D,34D. The average Bonchev–Trinajstić information content (AvgIpc) is 4.10. The molecular formula is C57H34N4O2. The van der Waals surface area contributed by atoms with Gasteiger partial charge in [0.05, 0.1) is 30.1 Å². The summed E-state index contributed by atoms with van der Waals surface area (Å²) < 4.78 is 108. The molecule has 6 nitrogen and oxygen atoms in total. The Hall–Kier alpha value is -8.61. The molecule has 0 amide bonds. The minimum absolute atomic E-state index is 0.00607. The van der Waals surface area contributed by atoms with E-state index in [2.05, 4.69) is 0 Å². The van der Waals surface area contributed by atoms with E-state index in [0.717, 1.165) is 32.7 Å². The minimum atomic E-state index is -0.505. The highest BCUT2D eigenvalue weighted by Crippen LogP contribution is 2.43. The first-order valence-electron chi connectivity index (χ1n) is 25.3. The maximum Gasteiger partial charge on any atom is 0.238 e. The van der Waals surface area contributed by atoms with E-state index >= 15 is 0 Å². The molecule has 0 bridgehead atoms. The molecule has 0 spiro atoms. The number of furan rings is 2. The summed E-state index contributed by atoms with van der Waals surface area (Å²) >= 11 is 0. The van der Waals surface area contributed by atoms with Crippen LogP contribution in [0.2, 0.25) is 0 Å². The first kappa shape index (κ1) is 26.6. The fraction of sp³-hybridized carbons (Fsp3) is 0. The van der Waals surface area contributed by atoms with Crippen molar-refractivity contribution in [3.05, 3.63) is 206 Å². The van der Waals surface area contributed by atoms with E-state index in [1.165, 1.54) is 0 Å². The Morgan fingerprint density at radius 2 is 1.05 bits per heavy atom. The molecule has 0 saturated carbocycles. The van der Waals surface area contributed by atoms with Crippen molar-refractivity contribution < 1.29 is 22.5 Å². The lowest BCUT2D eigenvalue weighted by Gasteiger charge is -2.12. The molecule has 0 unspecified atom stereocenters. The molecule has 0 N–H and O–H groups in total. The van der Waals surface area contributed by atoms with Gasteiger partial charge in [0, 0.05) is 38.1 Å². The van der Waals surface area contributed by atoms with Crippen molar-refractivity contribution in [3.63, 3.8) is 0 Å². The van der Waals surface area contributed by atoms with Crippen molar-refractivity contribution in [3.8, 4) is 62.1 Å². The fourth-order valence-electron chi connectivity index (χ4n) is 8.60. The highest BCUT2D eigenvalue weighted by atomic mass is 16.3. The van der Waals surface area contributed by atoms with Gasteiger partial charge in [-0.2, -0.15) is 9.97 Å². The SMILES string of the molecule is [2H]c1c([2H])c(-c2ccccc2)c([2H])c(-c2nc(-c3c([2H])c([2H])c4c(oc5c([2H])c([2H])c([2H])c(-c6ccccc6)c54)c3[2H])nc(-n3c4cc(-c5ccccc5)ccc4c4ccc5oc6ccccc6c5c43)n2)c1[2H]. The molecular weight excluding hydrogens is 773 g/mol. The predicted molar refractivity (Wildman–Crippen MR) is 256 cm³/mol. The molecule has 0 radical (unpaired) electrons.